The summed E-state index contributed by atoms with van der Waals surface area (Å²) in [7, 11) is 0. The van der Waals surface area contributed by atoms with E-state index < -0.39 is 6.04 Å². The summed E-state index contributed by atoms with van der Waals surface area (Å²) in [6.07, 6.45) is 10.9. The molecule has 0 aromatic heterocycles. The lowest BCUT2D eigenvalue weighted by Crippen LogP contribution is -2.52. The largest absolute Gasteiger partial charge is 0.508 e. The number of hydrogen-bond acceptors (Lipinski definition) is 7. The van der Waals surface area contributed by atoms with Crippen molar-refractivity contribution in [1.82, 2.24) is 15.1 Å². The Morgan fingerprint density at radius 3 is 2.19 bits per heavy atom. The number of aryl methyl sites for hydroxylation is 1. The zero-order valence-electron chi connectivity index (χ0n) is 30.8. The van der Waals surface area contributed by atoms with Crippen molar-refractivity contribution >= 4 is 29.1 Å². The molecule has 2 N–H and O–H groups in total. The van der Waals surface area contributed by atoms with E-state index in [4.69, 9.17) is 0 Å². The van der Waals surface area contributed by atoms with Crippen molar-refractivity contribution in [1.29, 1.82) is 0 Å². The number of fused-ring (bicyclic) bond motifs is 2. The highest BCUT2D eigenvalue weighted by molar-refractivity contribution is 6.05. The number of phenols is 1. The summed E-state index contributed by atoms with van der Waals surface area (Å²) in [6, 6.07) is 21.1. The molecule has 9 rings (SSSR count). The number of piperidine rings is 2. The van der Waals surface area contributed by atoms with Gasteiger partial charge in [-0.1, -0.05) is 37.5 Å². The Morgan fingerprint density at radius 2 is 1.45 bits per heavy atom. The fraction of sp³-hybridized carbons (Fsp3) is 0.523. The molecule has 3 aromatic rings. The van der Waals surface area contributed by atoms with Gasteiger partial charge in [0, 0.05) is 81.6 Å². The average Bonchev–Trinajstić information content (AvgIpc) is 3.48. The van der Waals surface area contributed by atoms with Crippen molar-refractivity contribution in [3.8, 4) is 5.75 Å². The number of rotatable bonds is 8. The molecular weight excluding hydrogens is 663 g/mol. The molecule has 0 radical (unpaired) electrons. The topological polar surface area (TPSA) is 96.4 Å². The van der Waals surface area contributed by atoms with Crippen molar-refractivity contribution in [2.75, 3.05) is 55.6 Å². The third kappa shape index (κ3) is 6.93. The highest BCUT2D eigenvalue weighted by Gasteiger charge is 2.39. The van der Waals surface area contributed by atoms with Gasteiger partial charge in [0.2, 0.25) is 11.8 Å². The van der Waals surface area contributed by atoms with Gasteiger partial charge in [0.15, 0.2) is 0 Å². The van der Waals surface area contributed by atoms with Crippen molar-refractivity contribution < 1.29 is 19.5 Å². The molecule has 9 heteroatoms. The monoisotopic (exact) mass is 715 g/mol. The van der Waals surface area contributed by atoms with Gasteiger partial charge in [-0.05, 0) is 121 Å². The van der Waals surface area contributed by atoms with Crippen LogP contribution in [-0.2, 0) is 22.6 Å². The zero-order valence-corrected chi connectivity index (χ0v) is 30.8. The fourth-order valence-corrected chi connectivity index (χ4v) is 10.3. The molecule has 4 aliphatic heterocycles. The predicted octanol–water partition coefficient (Wildman–Crippen LogP) is 6.08. The number of piperazine rings is 1. The van der Waals surface area contributed by atoms with Crippen molar-refractivity contribution in [2.24, 2.45) is 17.8 Å². The number of nitrogens with zero attached hydrogens (tertiary/aromatic N) is 4. The normalized spacial score (nSPS) is 25.6. The molecule has 4 fully saturated rings. The second-order valence-corrected chi connectivity index (χ2v) is 16.7. The molecule has 9 nitrogen and oxygen atoms in total. The number of nitrogens with one attached hydrogen (secondary N) is 1. The molecule has 6 aliphatic rings. The van der Waals surface area contributed by atoms with Gasteiger partial charge in [0.05, 0.1) is 0 Å². The molecule has 0 spiro atoms. The molecule has 2 aliphatic carbocycles. The molecule has 0 bridgehead atoms. The molecule has 3 aromatic carbocycles. The quantitative estimate of drug-likeness (QED) is 0.273. The maximum atomic E-state index is 13.1. The molecule has 53 heavy (non-hydrogen) atoms. The summed E-state index contributed by atoms with van der Waals surface area (Å²) < 4.78 is 0. The van der Waals surface area contributed by atoms with Gasteiger partial charge in [0.1, 0.15) is 11.8 Å². The van der Waals surface area contributed by atoms with Gasteiger partial charge in [-0.2, -0.15) is 0 Å². The smallest absolute Gasteiger partial charge is 0.255 e. The van der Waals surface area contributed by atoms with Crippen molar-refractivity contribution in [3.63, 3.8) is 0 Å². The van der Waals surface area contributed by atoms with E-state index in [1.165, 1.54) is 67.3 Å². The summed E-state index contributed by atoms with van der Waals surface area (Å²) in [4.78, 5) is 46.5. The maximum absolute atomic E-state index is 13.1. The first kappa shape index (κ1) is 34.4. The van der Waals surface area contributed by atoms with Gasteiger partial charge in [-0.15, -0.1) is 0 Å². The van der Waals surface area contributed by atoms with Gasteiger partial charge < -0.3 is 19.8 Å². The number of carbonyl (C=O) groups is 3. The van der Waals surface area contributed by atoms with E-state index in [9.17, 15) is 19.5 Å². The summed E-state index contributed by atoms with van der Waals surface area (Å²) in [5.74, 6) is 2.35. The average molecular weight is 716 g/mol. The van der Waals surface area contributed by atoms with Gasteiger partial charge in [0.25, 0.3) is 5.91 Å². The number of imide groups is 1. The maximum Gasteiger partial charge on any atom is 0.255 e. The molecule has 4 heterocycles. The van der Waals surface area contributed by atoms with E-state index in [1.54, 1.807) is 4.90 Å². The van der Waals surface area contributed by atoms with Crippen molar-refractivity contribution in [3.05, 3.63) is 88.5 Å². The molecule has 3 saturated heterocycles. The first-order valence-corrected chi connectivity index (χ1v) is 20.3. The standard InChI is InChI=1S/C44H53N5O4/c50-37-11-13-38-32(26-37)4-5-33(24-29-2-1-3-29)42(38)31-6-8-35(9-7-31)47-18-16-30(17-19-47)27-46-20-22-48(23-21-46)36-10-12-39-34(25-36)28-49(44(39)53)40-14-15-41(51)45-43(40)52/h6-13,25-26,29-30,33,40,42,50H,1-5,14-24,27-28H2,(H,45,51,52)/t33-,40-,42+/m0/s1. The van der Waals surface area contributed by atoms with E-state index >= 15 is 0 Å². The molecule has 3 atom stereocenters. The van der Waals surface area contributed by atoms with Crippen LogP contribution in [0, 0.1) is 17.8 Å². The van der Waals surface area contributed by atoms with E-state index in [-0.39, 0.29) is 24.1 Å². The van der Waals surface area contributed by atoms with E-state index in [1.807, 2.05) is 18.2 Å². The van der Waals surface area contributed by atoms with Gasteiger partial charge in [-0.25, -0.2) is 0 Å². The summed E-state index contributed by atoms with van der Waals surface area (Å²) in [5, 5.41) is 12.6. The van der Waals surface area contributed by atoms with Crippen LogP contribution < -0.4 is 15.1 Å². The van der Waals surface area contributed by atoms with E-state index in [2.05, 4.69) is 62.5 Å². The van der Waals surface area contributed by atoms with Crippen LogP contribution in [-0.4, -0.2) is 84.5 Å². The SMILES string of the molecule is O=C1CC[C@H](N2Cc3cc(N4CCN(CC5CCN(c6ccc([C@H]7c8ccc(O)cc8CC[C@H]7CC7CCC7)cc6)CC5)CC4)ccc3C2=O)C(=O)N1. The zero-order chi connectivity index (χ0) is 36.1. The Kier molecular flexibility index (Phi) is 9.39. The second kappa shape index (κ2) is 14.5. The van der Waals surface area contributed by atoms with Crippen LogP contribution in [0.4, 0.5) is 11.4 Å². The molecule has 278 valence electrons. The summed E-state index contributed by atoms with van der Waals surface area (Å²) in [6.45, 7) is 7.76. The molecular formula is C44H53N5O4. The lowest BCUT2D eigenvalue weighted by Gasteiger charge is -2.40. The number of carbonyl (C=O) groups excluding carboxylic acids is 3. The van der Waals surface area contributed by atoms with Gasteiger partial charge >= 0.3 is 0 Å². The van der Waals surface area contributed by atoms with E-state index in [0.717, 1.165) is 69.4 Å². The summed E-state index contributed by atoms with van der Waals surface area (Å²) >= 11 is 0. The predicted molar refractivity (Wildman–Crippen MR) is 206 cm³/mol. The molecule has 1 saturated carbocycles. The molecule has 0 unspecified atom stereocenters. The number of phenolic OH excluding ortho intramolecular Hbond substituents is 1. The third-order valence-corrected chi connectivity index (χ3v) is 13.6. The lowest BCUT2D eigenvalue weighted by atomic mass is 9.66. The van der Waals surface area contributed by atoms with Crippen LogP contribution in [0.1, 0.15) is 96.3 Å². The highest BCUT2D eigenvalue weighted by Crippen LogP contribution is 2.47. The Balaban J connectivity index is 0.766. The minimum Gasteiger partial charge on any atom is -0.508 e. The van der Waals surface area contributed by atoms with Crippen LogP contribution in [0.2, 0.25) is 0 Å². The third-order valence-electron chi connectivity index (χ3n) is 13.6. The second-order valence-electron chi connectivity index (χ2n) is 16.7. The number of anilines is 2. The molecule has 3 amide bonds. The minimum absolute atomic E-state index is 0.116. The fourth-order valence-electron chi connectivity index (χ4n) is 10.3. The van der Waals surface area contributed by atoms with E-state index in [0.29, 0.717) is 42.0 Å². The van der Waals surface area contributed by atoms with Crippen LogP contribution in [0.5, 0.6) is 5.75 Å². The first-order chi connectivity index (χ1) is 25.9. The highest BCUT2D eigenvalue weighted by atomic mass is 16.3. The number of benzene rings is 3. The number of amides is 3. The summed E-state index contributed by atoms with van der Waals surface area (Å²) in [5.41, 5.74) is 8.30. The Bertz CT molecular complexity index is 1860. The number of hydrogen-bond donors (Lipinski definition) is 2. The first-order valence-electron chi connectivity index (χ1n) is 20.3. The Morgan fingerprint density at radius 1 is 0.698 bits per heavy atom. The number of aromatic hydroxyl groups is 1. The van der Waals surface area contributed by atoms with Crippen LogP contribution >= 0.6 is 0 Å². The minimum atomic E-state index is -0.580. The Hall–Kier alpha value is -4.37. The van der Waals surface area contributed by atoms with Crippen LogP contribution in [0.15, 0.2) is 60.7 Å². The Labute approximate surface area is 313 Å². The lowest BCUT2D eigenvalue weighted by molar-refractivity contribution is -0.136. The van der Waals surface area contributed by atoms with Gasteiger partial charge in [-0.3, -0.25) is 24.6 Å². The van der Waals surface area contributed by atoms with Crippen molar-refractivity contribution in [2.45, 2.75) is 82.7 Å². The van der Waals surface area contributed by atoms with Crippen LogP contribution in [0.3, 0.4) is 0 Å². The van der Waals surface area contributed by atoms with Crippen LogP contribution in [0.25, 0.3) is 0 Å².